The number of nitrogens with zero attached hydrogens (tertiary/aromatic N) is 3. The summed E-state index contributed by atoms with van der Waals surface area (Å²) in [6.07, 6.45) is 5.64. The highest BCUT2D eigenvalue weighted by Gasteiger charge is 2.13. The molecule has 0 atom stereocenters. The van der Waals surface area contributed by atoms with Crippen LogP contribution in [0.3, 0.4) is 0 Å². The maximum atomic E-state index is 11.5. The highest BCUT2D eigenvalue weighted by Crippen LogP contribution is 2.25. The van der Waals surface area contributed by atoms with Crippen molar-refractivity contribution in [1.29, 1.82) is 0 Å². The van der Waals surface area contributed by atoms with E-state index in [1.807, 2.05) is 53.2 Å². The van der Waals surface area contributed by atoms with Gasteiger partial charge in [-0.2, -0.15) is 0 Å². The Hall–Kier alpha value is -2.47. The number of rotatable bonds is 6. The topological polar surface area (TPSA) is 56.0 Å². The maximum absolute atomic E-state index is 11.5. The fraction of sp³-hybridized carbons (Fsp3) is 0.235. The SMILES string of the molecule is CCCCC(=O)ON=Cc1c(-c2ccccc2)nc2sccn12. The summed E-state index contributed by atoms with van der Waals surface area (Å²) in [5.41, 5.74) is 2.63. The molecule has 0 bridgehead atoms. The minimum Gasteiger partial charge on any atom is -0.318 e. The average Bonchev–Trinajstić information content (AvgIpc) is 3.16. The number of benzene rings is 1. The van der Waals surface area contributed by atoms with E-state index in [1.165, 1.54) is 0 Å². The third-order valence-corrected chi connectivity index (χ3v) is 4.17. The molecule has 1 aromatic carbocycles. The van der Waals surface area contributed by atoms with Gasteiger partial charge in [0.25, 0.3) is 0 Å². The summed E-state index contributed by atoms with van der Waals surface area (Å²) in [5.74, 6) is -0.310. The minimum absolute atomic E-state index is 0.310. The lowest BCUT2D eigenvalue weighted by Crippen LogP contribution is -2.00. The Morgan fingerprint density at radius 2 is 2.22 bits per heavy atom. The third-order valence-electron chi connectivity index (χ3n) is 3.41. The molecule has 0 fully saturated rings. The smallest absolute Gasteiger partial charge is 0.318 e. The lowest BCUT2D eigenvalue weighted by molar-refractivity contribution is -0.143. The average molecular weight is 327 g/mol. The second-order valence-corrected chi connectivity index (χ2v) is 5.94. The number of hydrogen-bond acceptors (Lipinski definition) is 5. The van der Waals surface area contributed by atoms with E-state index in [1.54, 1.807) is 17.6 Å². The molecule has 0 saturated carbocycles. The van der Waals surface area contributed by atoms with Gasteiger partial charge in [-0.15, -0.1) is 11.3 Å². The van der Waals surface area contributed by atoms with Gasteiger partial charge in [0.1, 0.15) is 0 Å². The number of thiazole rings is 1. The first-order chi connectivity index (χ1) is 11.3. The zero-order chi connectivity index (χ0) is 16.1. The molecule has 118 valence electrons. The van der Waals surface area contributed by atoms with Gasteiger partial charge >= 0.3 is 5.97 Å². The molecule has 0 aliphatic heterocycles. The van der Waals surface area contributed by atoms with E-state index < -0.39 is 0 Å². The fourth-order valence-corrected chi connectivity index (χ4v) is 2.96. The zero-order valence-corrected chi connectivity index (χ0v) is 13.6. The molecule has 2 aromatic heterocycles. The Morgan fingerprint density at radius 1 is 1.39 bits per heavy atom. The second-order valence-electron chi connectivity index (χ2n) is 5.07. The molecule has 6 heteroatoms. The number of imidazole rings is 1. The molecular weight excluding hydrogens is 310 g/mol. The van der Waals surface area contributed by atoms with Crippen LogP contribution in [0.5, 0.6) is 0 Å². The van der Waals surface area contributed by atoms with E-state index in [9.17, 15) is 4.79 Å². The van der Waals surface area contributed by atoms with Crippen LogP contribution in [0.4, 0.5) is 0 Å². The molecule has 2 heterocycles. The quantitative estimate of drug-likeness (QED) is 0.388. The van der Waals surface area contributed by atoms with Crippen LogP contribution >= 0.6 is 11.3 Å². The van der Waals surface area contributed by atoms with Gasteiger partial charge in [-0.25, -0.2) is 9.78 Å². The lowest BCUT2D eigenvalue weighted by Gasteiger charge is -1.99. The van der Waals surface area contributed by atoms with Crippen LogP contribution in [0.15, 0.2) is 47.1 Å². The van der Waals surface area contributed by atoms with Gasteiger partial charge < -0.3 is 4.84 Å². The van der Waals surface area contributed by atoms with Crippen LogP contribution in [0.1, 0.15) is 31.9 Å². The van der Waals surface area contributed by atoms with Crippen LogP contribution in [-0.2, 0) is 9.63 Å². The largest absolute Gasteiger partial charge is 0.335 e. The lowest BCUT2D eigenvalue weighted by atomic mass is 10.1. The van der Waals surface area contributed by atoms with E-state index in [0.29, 0.717) is 6.42 Å². The number of aromatic nitrogens is 2. The van der Waals surface area contributed by atoms with Gasteiger partial charge in [-0.1, -0.05) is 48.8 Å². The van der Waals surface area contributed by atoms with Crippen molar-refractivity contribution in [2.75, 3.05) is 0 Å². The molecule has 0 aliphatic carbocycles. The first-order valence-corrected chi connectivity index (χ1v) is 8.41. The van der Waals surface area contributed by atoms with Crippen LogP contribution in [-0.4, -0.2) is 21.6 Å². The standard InChI is InChI=1S/C17H17N3O2S/c1-2-3-9-15(21)22-18-12-14-16(13-7-5-4-6-8-13)19-17-20(14)10-11-23-17/h4-8,10-12H,2-3,9H2,1H3. The normalized spacial score (nSPS) is 11.3. The van der Waals surface area contributed by atoms with Gasteiger partial charge in [-0.3, -0.25) is 4.40 Å². The summed E-state index contributed by atoms with van der Waals surface area (Å²) in [6.45, 7) is 2.03. The van der Waals surface area contributed by atoms with Crippen LogP contribution < -0.4 is 0 Å². The number of oxime groups is 1. The molecule has 0 unspecified atom stereocenters. The number of fused-ring (bicyclic) bond motifs is 1. The Bertz CT molecular complexity index is 821. The predicted octanol–water partition coefficient (Wildman–Crippen LogP) is 4.13. The molecule has 0 N–H and O–H groups in total. The van der Waals surface area contributed by atoms with Crippen LogP contribution in [0.25, 0.3) is 16.2 Å². The van der Waals surface area contributed by atoms with E-state index in [2.05, 4.69) is 10.1 Å². The van der Waals surface area contributed by atoms with Crippen molar-refractivity contribution >= 4 is 28.5 Å². The summed E-state index contributed by atoms with van der Waals surface area (Å²) in [7, 11) is 0. The van der Waals surface area contributed by atoms with Gasteiger partial charge in [-0.05, 0) is 6.42 Å². The maximum Gasteiger partial charge on any atom is 0.335 e. The zero-order valence-electron chi connectivity index (χ0n) is 12.8. The number of unbranched alkanes of at least 4 members (excludes halogenated alkanes) is 1. The summed E-state index contributed by atoms with van der Waals surface area (Å²) in [5, 5.41) is 5.81. The minimum atomic E-state index is -0.310. The van der Waals surface area contributed by atoms with Crippen molar-refractivity contribution in [3.8, 4) is 11.3 Å². The number of carbonyl (C=O) groups excluding carboxylic acids is 1. The van der Waals surface area contributed by atoms with E-state index in [0.717, 1.165) is 34.8 Å². The van der Waals surface area contributed by atoms with Crippen molar-refractivity contribution in [1.82, 2.24) is 9.38 Å². The van der Waals surface area contributed by atoms with Gasteiger partial charge in [0.2, 0.25) is 0 Å². The summed E-state index contributed by atoms with van der Waals surface area (Å²) in [4.78, 5) is 22.0. The van der Waals surface area contributed by atoms with Crippen LogP contribution in [0, 0.1) is 0 Å². The highest BCUT2D eigenvalue weighted by molar-refractivity contribution is 7.15. The molecule has 0 radical (unpaired) electrons. The number of carbonyl (C=O) groups is 1. The van der Waals surface area contributed by atoms with E-state index in [4.69, 9.17) is 4.84 Å². The van der Waals surface area contributed by atoms with Crippen molar-refractivity contribution in [2.24, 2.45) is 5.16 Å². The number of hydrogen-bond donors (Lipinski definition) is 0. The Balaban J connectivity index is 1.87. The van der Waals surface area contributed by atoms with Crippen LogP contribution in [0.2, 0.25) is 0 Å². The molecule has 3 aromatic rings. The summed E-state index contributed by atoms with van der Waals surface area (Å²) >= 11 is 1.55. The van der Waals surface area contributed by atoms with Gasteiger partial charge in [0, 0.05) is 23.6 Å². The fourth-order valence-electron chi connectivity index (χ4n) is 2.24. The molecule has 0 saturated heterocycles. The first-order valence-electron chi connectivity index (χ1n) is 7.53. The van der Waals surface area contributed by atoms with Crippen molar-refractivity contribution in [3.63, 3.8) is 0 Å². The third kappa shape index (κ3) is 3.48. The van der Waals surface area contributed by atoms with Crippen molar-refractivity contribution < 1.29 is 9.63 Å². The molecule has 0 amide bonds. The molecular formula is C17H17N3O2S. The Kier molecular flexibility index (Phi) is 4.83. The van der Waals surface area contributed by atoms with E-state index in [-0.39, 0.29) is 5.97 Å². The first kappa shape index (κ1) is 15.4. The second kappa shape index (κ2) is 7.19. The van der Waals surface area contributed by atoms with Crippen molar-refractivity contribution in [3.05, 3.63) is 47.6 Å². The van der Waals surface area contributed by atoms with Gasteiger partial charge in [0.05, 0.1) is 17.6 Å². The summed E-state index contributed by atoms with van der Waals surface area (Å²) in [6, 6.07) is 9.89. The Labute approximate surface area is 138 Å². The predicted molar refractivity (Wildman–Crippen MR) is 91.7 cm³/mol. The summed E-state index contributed by atoms with van der Waals surface area (Å²) < 4.78 is 1.94. The van der Waals surface area contributed by atoms with E-state index >= 15 is 0 Å². The van der Waals surface area contributed by atoms with Crippen molar-refractivity contribution in [2.45, 2.75) is 26.2 Å². The monoisotopic (exact) mass is 327 g/mol. The highest BCUT2D eigenvalue weighted by atomic mass is 32.1. The molecule has 0 aliphatic rings. The van der Waals surface area contributed by atoms with Gasteiger partial charge in [0.15, 0.2) is 4.96 Å². The molecule has 23 heavy (non-hydrogen) atoms. The molecule has 0 spiro atoms. The molecule has 3 rings (SSSR count). The Morgan fingerprint density at radius 3 is 3.00 bits per heavy atom. The molecule has 5 nitrogen and oxygen atoms in total.